The van der Waals surface area contributed by atoms with Gasteiger partial charge in [-0.25, -0.2) is 17.5 Å². The topological polar surface area (TPSA) is 116 Å². The summed E-state index contributed by atoms with van der Waals surface area (Å²) in [7, 11) is -0.862. The van der Waals surface area contributed by atoms with Crippen LogP contribution in [-0.4, -0.2) is 56.1 Å². The van der Waals surface area contributed by atoms with Crippen LogP contribution in [0.2, 0.25) is 0 Å². The number of aryl methyl sites for hydroxylation is 1. The molecule has 0 spiro atoms. The van der Waals surface area contributed by atoms with E-state index < -0.39 is 40.0 Å². The Morgan fingerprint density at radius 3 is 2.39 bits per heavy atom. The van der Waals surface area contributed by atoms with Gasteiger partial charge in [-0.05, 0) is 37.1 Å². The third-order valence-corrected chi connectivity index (χ3v) is 7.12. The van der Waals surface area contributed by atoms with Crippen molar-refractivity contribution in [3.05, 3.63) is 59.7 Å². The van der Waals surface area contributed by atoms with Crippen molar-refractivity contribution in [3.63, 3.8) is 0 Å². The molecule has 0 bridgehead atoms. The summed E-state index contributed by atoms with van der Waals surface area (Å²) in [5.41, 5.74) is 0.108. The standard InChI is InChI=1S/C21H24N4O5S/c1-14-10-11-16(12-17(14)31(29,30)24(3)4)22-18(26)13-25-19(27)21(2,23-20(25)28)15-8-6-5-7-9-15/h5-12H,13H2,1-4H3,(H,22,26)(H,23,28). The number of carbonyl (C=O) groups excluding carboxylic acids is 3. The van der Waals surface area contributed by atoms with E-state index in [9.17, 15) is 22.8 Å². The van der Waals surface area contributed by atoms with Gasteiger partial charge >= 0.3 is 6.03 Å². The quantitative estimate of drug-likeness (QED) is 0.658. The van der Waals surface area contributed by atoms with E-state index >= 15 is 0 Å². The van der Waals surface area contributed by atoms with Gasteiger partial charge in [0.05, 0.1) is 4.90 Å². The predicted molar refractivity (Wildman–Crippen MR) is 115 cm³/mol. The SMILES string of the molecule is Cc1ccc(NC(=O)CN2C(=O)NC(C)(c3ccccc3)C2=O)cc1S(=O)(=O)N(C)C. The van der Waals surface area contributed by atoms with Gasteiger partial charge in [0, 0.05) is 19.8 Å². The molecule has 10 heteroatoms. The lowest BCUT2D eigenvalue weighted by molar-refractivity contribution is -0.133. The Kier molecular flexibility index (Phi) is 5.88. The first-order chi connectivity index (χ1) is 14.5. The first-order valence-electron chi connectivity index (χ1n) is 9.49. The summed E-state index contributed by atoms with van der Waals surface area (Å²) in [4.78, 5) is 38.7. The number of nitrogens with zero attached hydrogens (tertiary/aromatic N) is 2. The second-order valence-electron chi connectivity index (χ2n) is 7.63. The van der Waals surface area contributed by atoms with Crippen LogP contribution in [0.3, 0.4) is 0 Å². The van der Waals surface area contributed by atoms with Crippen LogP contribution in [0.1, 0.15) is 18.1 Å². The normalized spacial score (nSPS) is 18.9. The zero-order chi connectivity index (χ0) is 23.0. The molecule has 1 atom stereocenters. The average Bonchev–Trinajstić information content (AvgIpc) is 2.94. The summed E-state index contributed by atoms with van der Waals surface area (Å²) < 4.78 is 26.0. The van der Waals surface area contributed by atoms with E-state index in [4.69, 9.17) is 0 Å². The molecule has 2 N–H and O–H groups in total. The smallest absolute Gasteiger partial charge is 0.324 e. The minimum Gasteiger partial charge on any atom is -0.324 e. The first kappa shape index (κ1) is 22.4. The third kappa shape index (κ3) is 4.17. The molecule has 1 heterocycles. The predicted octanol–water partition coefficient (Wildman–Crippen LogP) is 1.65. The summed E-state index contributed by atoms with van der Waals surface area (Å²) in [6.45, 7) is 2.73. The maximum Gasteiger partial charge on any atom is 0.325 e. The zero-order valence-electron chi connectivity index (χ0n) is 17.7. The van der Waals surface area contributed by atoms with Crippen molar-refractivity contribution >= 4 is 33.6 Å². The van der Waals surface area contributed by atoms with Gasteiger partial charge in [-0.15, -0.1) is 0 Å². The van der Waals surface area contributed by atoms with E-state index in [1.165, 1.54) is 20.2 Å². The van der Waals surface area contributed by atoms with E-state index in [1.54, 1.807) is 56.3 Å². The summed E-state index contributed by atoms with van der Waals surface area (Å²) >= 11 is 0. The molecule has 4 amide bonds. The monoisotopic (exact) mass is 444 g/mol. The molecule has 1 unspecified atom stereocenters. The number of benzene rings is 2. The summed E-state index contributed by atoms with van der Waals surface area (Å²) in [6, 6.07) is 12.6. The Morgan fingerprint density at radius 2 is 1.77 bits per heavy atom. The van der Waals surface area contributed by atoms with Crippen LogP contribution in [0.4, 0.5) is 10.5 Å². The van der Waals surface area contributed by atoms with Crippen molar-refractivity contribution in [2.45, 2.75) is 24.3 Å². The van der Waals surface area contributed by atoms with Gasteiger partial charge in [-0.1, -0.05) is 36.4 Å². The molecule has 3 rings (SSSR count). The van der Waals surface area contributed by atoms with Crippen molar-refractivity contribution in [2.24, 2.45) is 0 Å². The summed E-state index contributed by atoms with van der Waals surface area (Å²) in [6.07, 6.45) is 0. The second kappa shape index (κ2) is 8.12. The van der Waals surface area contributed by atoms with Gasteiger partial charge in [-0.2, -0.15) is 0 Å². The van der Waals surface area contributed by atoms with E-state index in [-0.39, 0.29) is 10.6 Å². The lowest BCUT2D eigenvalue weighted by atomic mass is 9.92. The molecule has 2 aromatic carbocycles. The average molecular weight is 445 g/mol. The molecular weight excluding hydrogens is 420 g/mol. The van der Waals surface area contributed by atoms with Crippen molar-refractivity contribution in [3.8, 4) is 0 Å². The van der Waals surface area contributed by atoms with Crippen LogP contribution in [0, 0.1) is 6.92 Å². The first-order valence-corrected chi connectivity index (χ1v) is 10.9. The van der Waals surface area contributed by atoms with Crippen molar-refractivity contribution < 1.29 is 22.8 Å². The minimum absolute atomic E-state index is 0.0574. The highest BCUT2D eigenvalue weighted by atomic mass is 32.2. The lowest BCUT2D eigenvalue weighted by Gasteiger charge is -2.22. The number of nitrogens with one attached hydrogen (secondary N) is 2. The maximum absolute atomic E-state index is 12.9. The Morgan fingerprint density at radius 1 is 1.13 bits per heavy atom. The van der Waals surface area contributed by atoms with E-state index in [0.717, 1.165) is 9.21 Å². The van der Waals surface area contributed by atoms with Gasteiger partial charge in [-0.3, -0.25) is 14.5 Å². The van der Waals surface area contributed by atoms with Gasteiger partial charge in [0.2, 0.25) is 15.9 Å². The molecule has 0 aliphatic carbocycles. The van der Waals surface area contributed by atoms with Crippen molar-refractivity contribution in [1.82, 2.24) is 14.5 Å². The molecule has 1 aliphatic rings. The number of anilines is 1. The number of sulfonamides is 1. The molecule has 1 fully saturated rings. The molecule has 9 nitrogen and oxygen atoms in total. The molecular formula is C21H24N4O5S. The van der Waals surface area contributed by atoms with Crippen LogP contribution in [0.25, 0.3) is 0 Å². The third-order valence-electron chi connectivity index (χ3n) is 5.16. The number of carbonyl (C=O) groups is 3. The van der Waals surface area contributed by atoms with Crippen LogP contribution in [0.5, 0.6) is 0 Å². The number of imide groups is 1. The molecule has 1 aliphatic heterocycles. The fourth-order valence-corrected chi connectivity index (χ4v) is 4.45. The largest absolute Gasteiger partial charge is 0.325 e. The van der Waals surface area contributed by atoms with Crippen molar-refractivity contribution in [1.29, 1.82) is 0 Å². The highest BCUT2D eigenvalue weighted by Gasteiger charge is 2.49. The Bertz CT molecular complexity index is 1150. The van der Waals surface area contributed by atoms with E-state index in [0.29, 0.717) is 11.1 Å². The highest BCUT2D eigenvalue weighted by Crippen LogP contribution is 2.28. The van der Waals surface area contributed by atoms with Gasteiger partial charge < -0.3 is 10.6 Å². The van der Waals surface area contributed by atoms with Crippen LogP contribution < -0.4 is 10.6 Å². The Hall–Kier alpha value is -3.24. The van der Waals surface area contributed by atoms with Crippen molar-refractivity contribution in [2.75, 3.05) is 26.0 Å². The maximum atomic E-state index is 12.9. The van der Waals surface area contributed by atoms with Crippen LogP contribution >= 0.6 is 0 Å². The van der Waals surface area contributed by atoms with Gasteiger partial charge in [0.1, 0.15) is 12.1 Å². The van der Waals surface area contributed by atoms with Gasteiger partial charge in [0.15, 0.2) is 0 Å². The van der Waals surface area contributed by atoms with E-state index in [1.807, 2.05) is 0 Å². The second-order valence-corrected chi connectivity index (χ2v) is 9.75. The number of amides is 4. The fourth-order valence-electron chi connectivity index (χ4n) is 3.30. The zero-order valence-corrected chi connectivity index (χ0v) is 18.5. The highest BCUT2D eigenvalue weighted by molar-refractivity contribution is 7.89. The molecule has 31 heavy (non-hydrogen) atoms. The van der Waals surface area contributed by atoms with Crippen LogP contribution in [-0.2, 0) is 25.2 Å². The molecule has 0 saturated carbocycles. The van der Waals surface area contributed by atoms with E-state index in [2.05, 4.69) is 10.6 Å². The number of hydrogen-bond donors (Lipinski definition) is 2. The molecule has 1 saturated heterocycles. The molecule has 0 radical (unpaired) electrons. The fraction of sp³-hybridized carbons (Fsp3) is 0.286. The number of urea groups is 1. The van der Waals surface area contributed by atoms with Gasteiger partial charge in [0.25, 0.3) is 5.91 Å². The number of rotatable bonds is 6. The minimum atomic E-state index is -3.70. The summed E-state index contributed by atoms with van der Waals surface area (Å²) in [5.74, 6) is -1.17. The molecule has 2 aromatic rings. The summed E-state index contributed by atoms with van der Waals surface area (Å²) in [5, 5.41) is 5.20. The Labute approximate surface area is 181 Å². The number of hydrogen-bond acceptors (Lipinski definition) is 5. The molecule has 164 valence electrons. The lowest BCUT2D eigenvalue weighted by Crippen LogP contribution is -2.42. The molecule has 0 aromatic heterocycles. The van der Waals surface area contributed by atoms with Crippen LogP contribution in [0.15, 0.2) is 53.4 Å². The Balaban J connectivity index is 1.77.